The molecule has 0 bridgehead atoms. The number of fused-ring (bicyclic) bond motifs is 1. The van der Waals surface area contributed by atoms with Crippen LogP contribution in [0.2, 0.25) is 0 Å². The number of ether oxygens (including phenoxy) is 2. The lowest BCUT2D eigenvalue weighted by atomic mass is 10.1. The van der Waals surface area contributed by atoms with Crippen molar-refractivity contribution in [2.24, 2.45) is 0 Å². The Labute approximate surface area is 139 Å². The Morgan fingerprint density at radius 3 is 2.46 bits per heavy atom. The Bertz CT molecular complexity index is 797. The van der Waals surface area contributed by atoms with Crippen molar-refractivity contribution in [3.63, 3.8) is 0 Å². The molecule has 2 aromatic rings. The van der Waals surface area contributed by atoms with Crippen LogP contribution in [-0.4, -0.2) is 18.5 Å². The van der Waals surface area contributed by atoms with Gasteiger partial charge in [0.2, 0.25) is 12.7 Å². The number of benzene rings is 2. The zero-order chi connectivity index (χ0) is 16.9. The van der Waals surface area contributed by atoms with Crippen molar-refractivity contribution in [3.8, 4) is 11.5 Å². The van der Waals surface area contributed by atoms with Crippen LogP contribution < -0.4 is 20.1 Å². The molecule has 2 aromatic carbocycles. The topological polar surface area (TPSA) is 76.7 Å². The Morgan fingerprint density at radius 1 is 1.00 bits per heavy atom. The van der Waals surface area contributed by atoms with Crippen molar-refractivity contribution in [2.75, 3.05) is 17.4 Å². The van der Waals surface area contributed by atoms with E-state index in [1.165, 1.54) is 13.0 Å². The van der Waals surface area contributed by atoms with Gasteiger partial charge in [0.25, 0.3) is 0 Å². The molecule has 0 unspecified atom stereocenters. The maximum atomic E-state index is 12.1. The first-order chi connectivity index (χ1) is 11.6. The van der Waals surface area contributed by atoms with Crippen LogP contribution in [0, 0.1) is 0 Å². The van der Waals surface area contributed by atoms with Crippen molar-refractivity contribution in [2.45, 2.75) is 6.92 Å². The molecule has 6 nitrogen and oxygen atoms in total. The van der Waals surface area contributed by atoms with E-state index >= 15 is 0 Å². The van der Waals surface area contributed by atoms with Crippen molar-refractivity contribution >= 4 is 23.1 Å². The molecule has 3 rings (SSSR count). The van der Waals surface area contributed by atoms with E-state index in [1.807, 2.05) is 0 Å². The number of ketones is 1. The van der Waals surface area contributed by atoms with Gasteiger partial charge in [0.05, 0.1) is 0 Å². The molecule has 0 saturated heterocycles. The Balaban J connectivity index is 1.59. The summed E-state index contributed by atoms with van der Waals surface area (Å²) in [5, 5.41) is 5.70. The number of hydrogen-bond donors (Lipinski definition) is 2. The largest absolute Gasteiger partial charge is 0.454 e. The van der Waals surface area contributed by atoms with Crippen LogP contribution in [0.1, 0.15) is 17.3 Å². The quantitative estimate of drug-likeness (QED) is 0.652. The number of carbonyl (C=O) groups is 2. The van der Waals surface area contributed by atoms with E-state index in [1.54, 1.807) is 48.7 Å². The normalized spacial score (nSPS) is 12.2. The second kappa shape index (κ2) is 6.87. The second-order valence-electron chi connectivity index (χ2n) is 5.17. The SMILES string of the molecule is CC(=O)Nc1ccc(NC=CC(=O)c2ccc3c(c2)OCO3)cc1. The van der Waals surface area contributed by atoms with Gasteiger partial charge >= 0.3 is 0 Å². The Kier molecular flexibility index (Phi) is 4.47. The molecule has 0 fully saturated rings. The summed E-state index contributed by atoms with van der Waals surface area (Å²) in [5.41, 5.74) is 2.05. The molecule has 0 aliphatic carbocycles. The van der Waals surface area contributed by atoms with E-state index in [4.69, 9.17) is 9.47 Å². The molecule has 0 aromatic heterocycles. The molecule has 1 aliphatic heterocycles. The zero-order valence-corrected chi connectivity index (χ0v) is 13.0. The predicted octanol–water partition coefficient (Wildman–Crippen LogP) is 3.18. The van der Waals surface area contributed by atoms with Crippen LogP contribution >= 0.6 is 0 Å². The number of hydrogen-bond acceptors (Lipinski definition) is 5. The smallest absolute Gasteiger partial charge is 0.231 e. The fourth-order valence-corrected chi connectivity index (χ4v) is 2.21. The first-order valence-electron chi connectivity index (χ1n) is 7.36. The van der Waals surface area contributed by atoms with Crippen molar-refractivity contribution in [1.82, 2.24) is 0 Å². The van der Waals surface area contributed by atoms with Crippen LogP contribution in [0.3, 0.4) is 0 Å². The van der Waals surface area contributed by atoms with Crippen molar-refractivity contribution < 1.29 is 19.1 Å². The van der Waals surface area contributed by atoms with Gasteiger partial charge in [-0.25, -0.2) is 0 Å². The average molecular weight is 324 g/mol. The molecular weight excluding hydrogens is 308 g/mol. The lowest BCUT2D eigenvalue weighted by molar-refractivity contribution is -0.114. The third-order valence-corrected chi connectivity index (χ3v) is 3.35. The molecule has 1 amide bonds. The minimum Gasteiger partial charge on any atom is -0.454 e. The highest BCUT2D eigenvalue weighted by molar-refractivity contribution is 6.05. The monoisotopic (exact) mass is 324 g/mol. The van der Waals surface area contributed by atoms with E-state index in [2.05, 4.69) is 10.6 Å². The maximum Gasteiger partial charge on any atom is 0.231 e. The summed E-state index contributed by atoms with van der Waals surface area (Å²) in [5.74, 6) is 0.962. The molecule has 2 N–H and O–H groups in total. The van der Waals surface area contributed by atoms with Gasteiger partial charge in [0.1, 0.15) is 0 Å². The van der Waals surface area contributed by atoms with Gasteiger partial charge in [-0.15, -0.1) is 0 Å². The van der Waals surface area contributed by atoms with Gasteiger partial charge in [-0.3, -0.25) is 9.59 Å². The van der Waals surface area contributed by atoms with Gasteiger partial charge in [-0.1, -0.05) is 0 Å². The second-order valence-corrected chi connectivity index (χ2v) is 5.17. The highest BCUT2D eigenvalue weighted by Crippen LogP contribution is 2.32. The summed E-state index contributed by atoms with van der Waals surface area (Å²) in [6.07, 6.45) is 3.01. The van der Waals surface area contributed by atoms with Crippen LogP contribution in [0.25, 0.3) is 0 Å². The third-order valence-electron chi connectivity index (χ3n) is 3.35. The predicted molar refractivity (Wildman–Crippen MR) is 90.4 cm³/mol. The van der Waals surface area contributed by atoms with E-state index in [0.29, 0.717) is 22.7 Å². The summed E-state index contributed by atoms with van der Waals surface area (Å²) in [6, 6.07) is 12.2. The lowest BCUT2D eigenvalue weighted by Gasteiger charge is -2.04. The summed E-state index contributed by atoms with van der Waals surface area (Å²) in [4.78, 5) is 23.1. The standard InChI is InChI=1S/C18H16N2O4/c1-12(21)20-15-5-3-14(4-6-15)19-9-8-16(22)13-2-7-17-18(10-13)24-11-23-17/h2-10,19H,11H2,1H3,(H,20,21). The highest BCUT2D eigenvalue weighted by Gasteiger charge is 2.14. The average Bonchev–Trinajstić information content (AvgIpc) is 3.03. The summed E-state index contributed by atoms with van der Waals surface area (Å²) in [6.45, 7) is 1.63. The number of carbonyl (C=O) groups excluding carboxylic acids is 2. The number of allylic oxidation sites excluding steroid dienone is 1. The molecule has 0 saturated carbocycles. The number of rotatable bonds is 5. The van der Waals surface area contributed by atoms with E-state index in [-0.39, 0.29) is 18.5 Å². The first kappa shape index (κ1) is 15.6. The first-order valence-corrected chi connectivity index (χ1v) is 7.36. The van der Waals surface area contributed by atoms with Gasteiger partial charge in [-0.05, 0) is 42.5 Å². The molecule has 122 valence electrons. The van der Waals surface area contributed by atoms with E-state index in [0.717, 1.165) is 5.69 Å². The molecule has 6 heteroatoms. The summed E-state index contributed by atoms with van der Waals surface area (Å²) >= 11 is 0. The van der Waals surface area contributed by atoms with Gasteiger partial charge < -0.3 is 20.1 Å². The van der Waals surface area contributed by atoms with E-state index in [9.17, 15) is 9.59 Å². The Hall–Kier alpha value is -3.28. The van der Waals surface area contributed by atoms with Crippen molar-refractivity contribution in [3.05, 3.63) is 60.3 Å². The Morgan fingerprint density at radius 2 is 1.71 bits per heavy atom. The fourth-order valence-electron chi connectivity index (χ4n) is 2.21. The maximum absolute atomic E-state index is 12.1. The van der Waals surface area contributed by atoms with Crippen LogP contribution in [0.15, 0.2) is 54.7 Å². The molecule has 0 atom stereocenters. The molecule has 0 spiro atoms. The number of anilines is 2. The fraction of sp³-hybridized carbons (Fsp3) is 0.111. The number of amides is 1. The van der Waals surface area contributed by atoms with Crippen LogP contribution in [0.5, 0.6) is 11.5 Å². The third kappa shape index (κ3) is 3.73. The summed E-state index contributed by atoms with van der Waals surface area (Å²) in [7, 11) is 0. The minimum absolute atomic E-state index is 0.120. The molecule has 1 heterocycles. The van der Waals surface area contributed by atoms with Gasteiger partial charge in [-0.2, -0.15) is 0 Å². The van der Waals surface area contributed by atoms with Gasteiger partial charge in [0, 0.05) is 36.1 Å². The molecule has 24 heavy (non-hydrogen) atoms. The highest BCUT2D eigenvalue weighted by atomic mass is 16.7. The van der Waals surface area contributed by atoms with Crippen LogP contribution in [0.4, 0.5) is 11.4 Å². The summed E-state index contributed by atoms with van der Waals surface area (Å²) < 4.78 is 10.5. The lowest BCUT2D eigenvalue weighted by Crippen LogP contribution is -2.05. The molecular formula is C18H16N2O4. The zero-order valence-electron chi connectivity index (χ0n) is 13.0. The van der Waals surface area contributed by atoms with Crippen molar-refractivity contribution in [1.29, 1.82) is 0 Å². The molecule has 1 aliphatic rings. The van der Waals surface area contributed by atoms with Gasteiger partial charge in [0.15, 0.2) is 17.3 Å². The molecule has 0 radical (unpaired) electrons. The van der Waals surface area contributed by atoms with E-state index < -0.39 is 0 Å². The number of nitrogens with one attached hydrogen (secondary N) is 2. The minimum atomic E-state index is -0.143. The van der Waals surface area contributed by atoms with Crippen LogP contribution in [-0.2, 0) is 4.79 Å².